The number of rotatable bonds is 2. The summed E-state index contributed by atoms with van der Waals surface area (Å²) in [7, 11) is 0. The lowest BCUT2D eigenvalue weighted by atomic mass is 9.89. The van der Waals surface area contributed by atoms with Gasteiger partial charge in [-0.3, -0.25) is 0 Å². The van der Waals surface area contributed by atoms with E-state index in [0.717, 1.165) is 30.7 Å². The van der Waals surface area contributed by atoms with Gasteiger partial charge in [-0.2, -0.15) is 0 Å². The van der Waals surface area contributed by atoms with Crippen LogP contribution in [0.3, 0.4) is 0 Å². The zero-order chi connectivity index (χ0) is 10.3. The van der Waals surface area contributed by atoms with E-state index in [9.17, 15) is 5.11 Å². The van der Waals surface area contributed by atoms with E-state index < -0.39 is 0 Å². The van der Waals surface area contributed by atoms with Crippen molar-refractivity contribution < 1.29 is 5.11 Å². The molecule has 3 rings (SSSR count). The largest absolute Gasteiger partial charge is 0.393 e. The molecule has 3 aliphatic rings. The summed E-state index contributed by atoms with van der Waals surface area (Å²) in [6.45, 7) is 0. The van der Waals surface area contributed by atoms with Crippen molar-refractivity contribution in [3.8, 4) is 0 Å². The molecule has 0 aromatic rings. The fourth-order valence-corrected chi connectivity index (χ4v) is 3.99. The third kappa shape index (κ3) is 2.07. The number of aliphatic hydroxyl groups excluding tert-OH is 1. The molecule has 3 aliphatic carbocycles. The molecule has 0 amide bonds. The van der Waals surface area contributed by atoms with Gasteiger partial charge in [-0.25, -0.2) is 0 Å². The molecule has 3 fully saturated rings. The Morgan fingerprint density at radius 3 is 2.27 bits per heavy atom. The summed E-state index contributed by atoms with van der Waals surface area (Å²) >= 11 is 0. The first-order chi connectivity index (χ1) is 7.31. The minimum absolute atomic E-state index is 0.0110. The highest BCUT2D eigenvalue weighted by atomic mass is 16.3. The number of fused-ring (bicyclic) bond motifs is 2. The second kappa shape index (κ2) is 4.06. The van der Waals surface area contributed by atoms with Crippen LogP contribution in [-0.2, 0) is 0 Å². The Labute approximate surface area is 92.4 Å². The predicted molar refractivity (Wildman–Crippen MR) is 60.6 cm³/mol. The Morgan fingerprint density at radius 2 is 1.67 bits per heavy atom. The maximum atomic E-state index is 9.47. The molecule has 0 spiro atoms. The molecule has 0 aliphatic heterocycles. The molecule has 2 heteroatoms. The van der Waals surface area contributed by atoms with Gasteiger partial charge in [0.1, 0.15) is 0 Å². The summed E-state index contributed by atoms with van der Waals surface area (Å²) in [4.78, 5) is 0. The number of nitrogens with one attached hydrogen (secondary N) is 1. The molecule has 0 radical (unpaired) electrons. The van der Waals surface area contributed by atoms with Crippen LogP contribution in [0.1, 0.15) is 51.4 Å². The molecule has 0 aromatic carbocycles. The van der Waals surface area contributed by atoms with Crippen LogP contribution in [0.2, 0.25) is 0 Å². The van der Waals surface area contributed by atoms with E-state index in [4.69, 9.17) is 0 Å². The molecular formula is C13H23NO. The van der Waals surface area contributed by atoms with Gasteiger partial charge in [0.2, 0.25) is 0 Å². The summed E-state index contributed by atoms with van der Waals surface area (Å²) < 4.78 is 0. The highest BCUT2D eigenvalue weighted by Crippen LogP contribution is 2.44. The fourth-order valence-electron chi connectivity index (χ4n) is 3.99. The normalized spacial score (nSPS) is 49.8. The number of hydrogen-bond acceptors (Lipinski definition) is 2. The molecule has 0 unspecified atom stereocenters. The third-order valence-corrected chi connectivity index (χ3v) is 4.88. The first-order valence-corrected chi connectivity index (χ1v) is 6.75. The van der Waals surface area contributed by atoms with Crippen LogP contribution in [-0.4, -0.2) is 23.3 Å². The van der Waals surface area contributed by atoms with E-state index in [1.807, 2.05) is 0 Å². The molecular weight excluding hydrogens is 186 g/mol. The summed E-state index contributed by atoms with van der Waals surface area (Å²) in [5.74, 6) is 2.03. The first kappa shape index (κ1) is 10.1. The monoisotopic (exact) mass is 209 g/mol. The van der Waals surface area contributed by atoms with E-state index in [1.54, 1.807) is 0 Å². The van der Waals surface area contributed by atoms with Gasteiger partial charge in [0.25, 0.3) is 0 Å². The molecule has 2 bridgehead atoms. The molecule has 0 heterocycles. The maximum Gasteiger partial charge on any atom is 0.0541 e. The van der Waals surface area contributed by atoms with Crippen molar-refractivity contribution in [1.29, 1.82) is 0 Å². The van der Waals surface area contributed by atoms with E-state index in [1.165, 1.54) is 38.5 Å². The molecule has 2 N–H and O–H groups in total. The minimum atomic E-state index is -0.0110. The molecule has 86 valence electrons. The van der Waals surface area contributed by atoms with E-state index in [2.05, 4.69) is 5.32 Å². The van der Waals surface area contributed by atoms with E-state index in [-0.39, 0.29) is 6.10 Å². The zero-order valence-electron chi connectivity index (χ0n) is 9.49. The Hall–Kier alpha value is -0.0800. The van der Waals surface area contributed by atoms with Crippen LogP contribution in [0.25, 0.3) is 0 Å². The molecule has 15 heavy (non-hydrogen) atoms. The summed E-state index contributed by atoms with van der Waals surface area (Å²) in [6.07, 6.45) is 10.3. The molecule has 0 saturated heterocycles. The third-order valence-electron chi connectivity index (χ3n) is 4.88. The SMILES string of the molecule is OC1CCC(N[C@@H]2C[C@@H]3CC[C@@H]2C3)CC1. The number of aliphatic hydroxyl groups is 1. The first-order valence-electron chi connectivity index (χ1n) is 6.75. The maximum absolute atomic E-state index is 9.47. The minimum Gasteiger partial charge on any atom is -0.393 e. The van der Waals surface area contributed by atoms with Gasteiger partial charge in [-0.15, -0.1) is 0 Å². The quantitative estimate of drug-likeness (QED) is 0.729. The Balaban J connectivity index is 1.49. The molecule has 0 aromatic heterocycles. The van der Waals surface area contributed by atoms with Gasteiger partial charge in [-0.05, 0) is 56.8 Å². The lowest BCUT2D eigenvalue weighted by molar-refractivity contribution is 0.111. The molecule has 3 saturated carbocycles. The van der Waals surface area contributed by atoms with Gasteiger partial charge in [0.05, 0.1) is 6.10 Å². The molecule has 2 nitrogen and oxygen atoms in total. The second-order valence-electron chi connectivity index (χ2n) is 5.95. The van der Waals surface area contributed by atoms with Crippen LogP contribution in [0.5, 0.6) is 0 Å². The van der Waals surface area contributed by atoms with Crippen LogP contribution in [0.4, 0.5) is 0 Å². The van der Waals surface area contributed by atoms with E-state index >= 15 is 0 Å². The van der Waals surface area contributed by atoms with Gasteiger partial charge in [-0.1, -0.05) is 6.42 Å². The van der Waals surface area contributed by atoms with Crippen molar-refractivity contribution in [2.24, 2.45) is 11.8 Å². The summed E-state index contributed by atoms with van der Waals surface area (Å²) in [5, 5.41) is 13.3. The van der Waals surface area contributed by atoms with Gasteiger partial charge in [0.15, 0.2) is 0 Å². The average Bonchev–Trinajstić information content (AvgIpc) is 2.83. The summed E-state index contributed by atoms with van der Waals surface area (Å²) in [6, 6.07) is 1.53. The Bertz CT molecular complexity index is 223. The Morgan fingerprint density at radius 1 is 0.867 bits per heavy atom. The smallest absolute Gasteiger partial charge is 0.0541 e. The van der Waals surface area contributed by atoms with Crippen molar-refractivity contribution in [3.63, 3.8) is 0 Å². The van der Waals surface area contributed by atoms with Crippen LogP contribution in [0.15, 0.2) is 0 Å². The zero-order valence-corrected chi connectivity index (χ0v) is 9.49. The summed E-state index contributed by atoms with van der Waals surface area (Å²) in [5.41, 5.74) is 0. The van der Waals surface area contributed by atoms with E-state index in [0.29, 0.717) is 6.04 Å². The molecule has 3 atom stereocenters. The number of hydrogen-bond donors (Lipinski definition) is 2. The van der Waals surface area contributed by atoms with Crippen molar-refractivity contribution in [2.75, 3.05) is 0 Å². The van der Waals surface area contributed by atoms with Crippen LogP contribution >= 0.6 is 0 Å². The van der Waals surface area contributed by atoms with Crippen molar-refractivity contribution in [3.05, 3.63) is 0 Å². The highest BCUT2D eigenvalue weighted by molar-refractivity contribution is 4.95. The fraction of sp³-hybridized carbons (Fsp3) is 1.00. The van der Waals surface area contributed by atoms with Crippen LogP contribution < -0.4 is 5.32 Å². The second-order valence-corrected chi connectivity index (χ2v) is 5.95. The van der Waals surface area contributed by atoms with Crippen molar-refractivity contribution >= 4 is 0 Å². The topological polar surface area (TPSA) is 32.3 Å². The Kier molecular flexibility index (Phi) is 2.73. The standard InChI is InChI=1S/C13H23NO/c15-12-5-3-11(4-6-12)14-13-8-9-1-2-10(13)7-9/h9-15H,1-8H2/t9-,10-,11?,12?,13-/m1/s1. The predicted octanol–water partition coefficient (Wildman–Crippen LogP) is 2.07. The lowest BCUT2D eigenvalue weighted by Crippen LogP contribution is -2.43. The van der Waals surface area contributed by atoms with Gasteiger partial charge < -0.3 is 10.4 Å². The average molecular weight is 209 g/mol. The van der Waals surface area contributed by atoms with Crippen molar-refractivity contribution in [1.82, 2.24) is 5.32 Å². The highest BCUT2D eigenvalue weighted by Gasteiger charge is 2.40. The lowest BCUT2D eigenvalue weighted by Gasteiger charge is -2.32. The van der Waals surface area contributed by atoms with Gasteiger partial charge >= 0.3 is 0 Å². The van der Waals surface area contributed by atoms with Crippen molar-refractivity contribution in [2.45, 2.75) is 69.6 Å². The van der Waals surface area contributed by atoms with Crippen LogP contribution in [0, 0.1) is 11.8 Å². The van der Waals surface area contributed by atoms with Gasteiger partial charge in [0, 0.05) is 12.1 Å².